The minimum atomic E-state index is 0.605. The third-order valence-corrected chi connectivity index (χ3v) is 3.49. The molecule has 0 aromatic carbocycles. The number of nitrogens with one attached hydrogen (secondary N) is 1. The lowest BCUT2D eigenvalue weighted by Crippen LogP contribution is -2.03. The van der Waals surface area contributed by atoms with Crippen LogP contribution in [0.5, 0.6) is 0 Å². The number of H-pyrrole nitrogens is 1. The summed E-state index contributed by atoms with van der Waals surface area (Å²) in [6.07, 6.45) is 4.84. The largest absolute Gasteiger partial charge is 0.347 e. The maximum Gasteiger partial charge on any atom is 0.129 e. The standard InChI is InChI=1S/C12H18N2S/c1-3-10-7-11(15)14-12(13-10)9-5-4-8(2)6-9/h7-9H,3-6H2,1-2H3,(H,13,14,15). The Kier molecular flexibility index (Phi) is 3.19. The van der Waals surface area contributed by atoms with Crippen molar-refractivity contribution < 1.29 is 0 Å². The van der Waals surface area contributed by atoms with Crippen LogP contribution in [-0.4, -0.2) is 9.97 Å². The molecule has 0 radical (unpaired) electrons. The van der Waals surface area contributed by atoms with Crippen molar-refractivity contribution in [3.8, 4) is 0 Å². The third kappa shape index (κ3) is 2.46. The highest BCUT2D eigenvalue weighted by atomic mass is 32.1. The number of aromatic nitrogens is 2. The molecule has 0 amide bonds. The van der Waals surface area contributed by atoms with Crippen LogP contribution in [0.25, 0.3) is 0 Å². The molecule has 0 aliphatic heterocycles. The topological polar surface area (TPSA) is 28.7 Å². The maximum atomic E-state index is 5.19. The molecular formula is C12H18N2S. The van der Waals surface area contributed by atoms with Crippen molar-refractivity contribution in [2.75, 3.05) is 0 Å². The minimum Gasteiger partial charge on any atom is -0.347 e. The van der Waals surface area contributed by atoms with Crippen molar-refractivity contribution in [1.29, 1.82) is 0 Å². The van der Waals surface area contributed by atoms with E-state index in [4.69, 9.17) is 12.2 Å². The van der Waals surface area contributed by atoms with E-state index < -0.39 is 0 Å². The Hall–Kier alpha value is -0.700. The monoisotopic (exact) mass is 222 g/mol. The predicted molar refractivity (Wildman–Crippen MR) is 64.6 cm³/mol. The molecule has 0 bridgehead atoms. The fourth-order valence-corrected chi connectivity index (χ4v) is 2.61. The molecule has 2 atom stereocenters. The van der Waals surface area contributed by atoms with E-state index in [1.807, 2.05) is 6.07 Å². The zero-order chi connectivity index (χ0) is 10.8. The van der Waals surface area contributed by atoms with Crippen molar-refractivity contribution in [2.45, 2.75) is 45.4 Å². The molecule has 15 heavy (non-hydrogen) atoms. The van der Waals surface area contributed by atoms with Gasteiger partial charge in [0.1, 0.15) is 10.5 Å². The van der Waals surface area contributed by atoms with E-state index in [0.717, 1.165) is 22.8 Å². The molecule has 82 valence electrons. The van der Waals surface area contributed by atoms with Crippen LogP contribution >= 0.6 is 12.2 Å². The molecular weight excluding hydrogens is 204 g/mol. The van der Waals surface area contributed by atoms with Gasteiger partial charge in [-0.1, -0.05) is 26.1 Å². The molecule has 1 aliphatic rings. The summed E-state index contributed by atoms with van der Waals surface area (Å²) < 4.78 is 0.736. The van der Waals surface area contributed by atoms with Gasteiger partial charge in [-0.3, -0.25) is 0 Å². The molecule has 1 heterocycles. The molecule has 2 unspecified atom stereocenters. The molecule has 1 aromatic rings. The molecule has 0 saturated heterocycles. The molecule has 1 fully saturated rings. The number of hydrogen-bond acceptors (Lipinski definition) is 2. The SMILES string of the molecule is CCc1cc(=S)nc(C2CCC(C)C2)[nH]1. The third-order valence-electron chi connectivity index (χ3n) is 3.28. The molecule has 1 aliphatic carbocycles. The van der Waals surface area contributed by atoms with Crippen LogP contribution in [0.15, 0.2) is 6.07 Å². The molecule has 2 nitrogen and oxygen atoms in total. The van der Waals surface area contributed by atoms with Gasteiger partial charge in [0.25, 0.3) is 0 Å². The minimum absolute atomic E-state index is 0.605. The van der Waals surface area contributed by atoms with Crippen LogP contribution in [-0.2, 0) is 6.42 Å². The zero-order valence-corrected chi connectivity index (χ0v) is 10.2. The zero-order valence-electron chi connectivity index (χ0n) is 9.42. The lowest BCUT2D eigenvalue weighted by Gasteiger charge is -2.10. The normalized spacial score (nSPS) is 25.7. The Balaban J connectivity index is 2.28. The number of aryl methyl sites for hydroxylation is 1. The number of nitrogens with zero attached hydrogens (tertiary/aromatic N) is 1. The Bertz CT molecular complexity index is 397. The Morgan fingerprint density at radius 1 is 1.53 bits per heavy atom. The summed E-state index contributed by atoms with van der Waals surface area (Å²) in [5.74, 6) is 2.56. The number of aromatic amines is 1. The summed E-state index contributed by atoms with van der Waals surface area (Å²) in [5, 5.41) is 0. The highest BCUT2D eigenvalue weighted by Gasteiger charge is 2.24. The summed E-state index contributed by atoms with van der Waals surface area (Å²) >= 11 is 5.19. The molecule has 1 saturated carbocycles. The van der Waals surface area contributed by atoms with Crippen LogP contribution in [0, 0.1) is 10.6 Å². The van der Waals surface area contributed by atoms with Crippen LogP contribution < -0.4 is 0 Å². The Labute approximate surface area is 96.1 Å². The van der Waals surface area contributed by atoms with Crippen LogP contribution in [0.4, 0.5) is 0 Å². The van der Waals surface area contributed by atoms with E-state index in [9.17, 15) is 0 Å². The summed E-state index contributed by atoms with van der Waals surface area (Å²) in [5.41, 5.74) is 1.21. The average molecular weight is 222 g/mol. The first-order valence-electron chi connectivity index (χ1n) is 5.79. The fraction of sp³-hybridized carbons (Fsp3) is 0.667. The van der Waals surface area contributed by atoms with Crippen LogP contribution in [0.3, 0.4) is 0 Å². The number of rotatable bonds is 2. The summed E-state index contributed by atoms with van der Waals surface area (Å²) in [4.78, 5) is 7.88. The molecule has 2 rings (SSSR count). The van der Waals surface area contributed by atoms with Gasteiger partial charge in [-0.15, -0.1) is 0 Å². The molecule has 0 spiro atoms. The quantitative estimate of drug-likeness (QED) is 0.774. The van der Waals surface area contributed by atoms with Gasteiger partial charge in [0.15, 0.2) is 0 Å². The molecule has 1 aromatic heterocycles. The first-order valence-corrected chi connectivity index (χ1v) is 6.20. The second-order valence-electron chi connectivity index (χ2n) is 4.60. The van der Waals surface area contributed by atoms with E-state index in [0.29, 0.717) is 5.92 Å². The lowest BCUT2D eigenvalue weighted by atomic mass is 10.1. The van der Waals surface area contributed by atoms with E-state index in [1.54, 1.807) is 0 Å². The summed E-state index contributed by atoms with van der Waals surface area (Å²) in [7, 11) is 0. The molecule has 1 N–H and O–H groups in total. The highest BCUT2D eigenvalue weighted by Crippen LogP contribution is 2.36. The van der Waals surface area contributed by atoms with Gasteiger partial charge < -0.3 is 4.98 Å². The summed E-state index contributed by atoms with van der Waals surface area (Å²) in [6, 6.07) is 1.97. The smallest absolute Gasteiger partial charge is 0.129 e. The van der Waals surface area contributed by atoms with Gasteiger partial charge in [-0.25, -0.2) is 4.98 Å². The Morgan fingerprint density at radius 3 is 2.93 bits per heavy atom. The first-order chi connectivity index (χ1) is 7.19. The molecule has 3 heteroatoms. The van der Waals surface area contributed by atoms with Gasteiger partial charge in [-0.2, -0.15) is 0 Å². The predicted octanol–water partition coefficient (Wildman–Crippen LogP) is 3.61. The summed E-state index contributed by atoms with van der Waals surface area (Å²) in [6.45, 7) is 4.46. The van der Waals surface area contributed by atoms with Crippen molar-refractivity contribution >= 4 is 12.2 Å². The van der Waals surface area contributed by atoms with E-state index in [1.165, 1.54) is 25.0 Å². The van der Waals surface area contributed by atoms with Crippen molar-refractivity contribution in [2.24, 2.45) is 5.92 Å². The van der Waals surface area contributed by atoms with Crippen molar-refractivity contribution in [1.82, 2.24) is 9.97 Å². The highest BCUT2D eigenvalue weighted by molar-refractivity contribution is 7.71. The number of hydrogen-bond donors (Lipinski definition) is 1. The average Bonchev–Trinajstić information content (AvgIpc) is 2.64. The lowest BCUT2D eigenvalue weighted by molar-refractivity contribution is 0.583. The second-order valence-corrected chi connectivity index (χ2v) is 5.02. The second kappa shape index (κ2) is 4.44. The van der Waals surface area contributed by atoms with E-state index >= 15 is 0 Å². The van der Waals surface area contributed by atoms with Gasteiger partial charge in [0.05, 0.1) is 0 Å². The van der Waals surface area contributed by atoms with Gasteiger partial charge >= 0.3 is 0 Å². The first kappa shape index (κ1) is 10.8. The van der Waals surface area contributed by atoms with Gasteiger partial charge in [0.2, 0.25) is 0 Å². The van der Waals surface area contributed by atoms with Gasteiger partial charge in [-0.05, 0) is 37.7 Å². The van der Waals surface area contributed by atoms with Crippen LogP contribution in [0.2, 0.25) is 0 Å². The van der Waals surface area contributed by atoms with E-state index in [-0.39, 0.29) is 0 Å². The fourth-order valence-electron chi connectivity index (χ4n) is 2.37. The van der Waals surface area contributed by atoms with Crippen molar-refractivity contribution in [3.05, 3.63) is 22.2 Å². The maximum absolute atomic E-state index is 5.19. The van der Waals surface area contributed by atoms with Crippen LogP contribution in [0.1, 0.15) is 50.5 Å². The Morgan fingerprint density at radius 2 is 2.33 bits per heavy atom. The van der Waals surface area contributed by atoms with E-state index in [2.05, 4.69) is 23.8 Å². The van der Waals surface area contributed by atoms with Gasteiger partial charge in [0, 0.05) is 11.6 Å². The van der Waals surface area contributed by atoms with Crippen molar-refractivity contribution in [3.63, 3.8) is 0 Å².